The topological polar surface area (TPSA) is 128 Å². The van der Waals surface area contributed by atoms with Crippen LogP contribution < -0.4 is 4.74 Å². The normalized spacial score (nSPS) is 17.7. The molecule has 3 aromatic carbocycles. The molecule has 11 heteroatoms. The van der Waals surface area contributed by atoms with E-state index in [1.807, 2.05) is 31.2 Å². The van der Waals surface area contributed by atoms with Crippen molar-refractivity contribution in [3.63, 3.8) is 0 Å². The van der Waals surface area contributed by atoms with Crippen LogP contribution in [0.2, 0.25) is 0 Å². The Morgan fingerprint density at radius 3 is 2.71 bits per heavy atom. The number of likely N-dealkylation sites (N-methyl/N-ethyl adjacent to an activating group) is 1. The maximum absolute atomic E-state index is 15.6. The number of amides is 1. The number of nitrogens with one attached hydrogen (secondary N) is 2. The van der Waals surface area contributed by atoms with Crippen molar-refractivity contribution in [1.29, 1.82) is 0 Å². The second kappa shape index (κ2) is 13.4. The summed E-state index contributed by atoms with van der Waals surface area (Å²) in [6, 6.07) is 14.8. The van der Waals surface area contributed by atoms with Gasteiger partial charge in [-0.3, -0.25) is 14.4 Å². The molecule has 1 atom stereocenters. The van der Waals surface area contributed by atoms with Gasteiger partial charge in [0, 0.05) is 72.3 Å². The zero-order chi connectivity index (χ0) is 34.0. The number of aliphatic carboxylic acids is 1. The molecule has 0 aliphatic carbocycles. The molecule has 1 unspecified atom stereocenters. The van der Waals surface area contributed by atoms with Crippen LogP contribution in [0, 0.1) is 11.6 Å². The van der Waals surface area contributed by atoms with Gasteiger partial charge < -0.3 is 24.7 Å². The molecule has 0 saturated carbocycles. The van der Waals surface area contributed by atoms with Crippen LogP contribution in [0.4, 0.5) is 8.78 Å². The van der Waals surface area contributed by atoms with Crippen molar-refractivity contribution in [2.45, 2.75) is 57.3 Å². The van der Waals surface area contributed by atoms with Gasteiger partial charge in [0.15, 0.2) is 17.3 Å². The first-order valence-corrected chi connectivity index (χ1v) is 15.9. The van der Waals surface area contributed by atoms with Gasteiger partial charge in [0.2, 0.25) is 5.91 Å². The van der Waals surface area contributed by atoms with Crippen LogP contribution in [-0.4, -0.2) is 56.2 Å². The van der Waals surface area contributed by atoms with Crippen LogP contribution in [-0.2, 0) is 32.6 Å². The Morgan fingerprint density at radius 1 is 1.06 bits per heavy atom. The molecule has 3 heterocycles. The number of carbonyl (C=O) groups is 3. The highest BCUT2D eigenvalue weighted by Gasteiger charge is 2.32. The number of aromatic nitrogens is 3. The Morgan fingerprint density at radius 2 is 1.90 bits per heavy atom. The Bertz CT molecular complexity index is 2020. The monoisotopic (exact) mass is 654 g/mol. The van der Waals surface area contributed by atoms with Crippen LogP contribution in [0.1, 0.15) is 61.4 Å². The average Bonchev–Trinajstić information content (AvgIpc) is 3.74. The van der Waals surface area contributed by atoms with E-state index in [0.717, 1.165) is 11.1 Å². The number of imidazole rings is 1. The number of aryl methyl sites for hydroxylation is 2. The number of benzene rings is 3. The molecule has 6 rings (SSSR count). The molecule has 2 aromatic heterocycles. The van der Waals surface area contributed by atoms with Gasteiger partial charge in [-0.25, -0.2) is 13.8 Å². The van der Waals surface area contributed by atoms with Crippen LogP contribution in [0.5, 0.6) is 11.5 Å². The van der Waals surface area contributed by atoms with Gasteiger partial charge >= 0.3 is 5.97 Å². The van der Waals surface area contributed by atoms with E-state index in [-0.39, 0.29) is 66.8 Å². The maximum Gasteiger partial charge on any atom is 0.303 e. The summed E-state index contributed by atoms with van der Waals surface area (Å²) in [5.74, 6) is -2.12. The summed E-state index contributed by atoms with van der Waals surface area (Å²) in [4.78, 5) is 49.7. The molecule has 1 aliphatic rings. The second-order valence-electron chi connectivity index (χ2n) is 12.6. The number of Topliss-reactive ketones (excluding diaryl/α,β-unsaturated/α-hetero) is 1. The van der Waals surface area contributed by atoms with E-state index in [1.54, 1.807) is 25.5 Å². The molecule has 5 aromatic rings. The first-order valence-electron chi connectivity index (χ1n) is 15.9. The fourth-order valence-electron chi connectivity index (χ4n) is 6.44. The van der Waals surface area contributed by atoms with E-state index in [1.165, 1.54) is 29.2 Å². The summed E-state index contributed by atoms with van der Waals surface area (Å²) in [5.41, 5.74) is 2.82. The maximum atomic E-state index is 15.6. The molecule has 9 nitrogen and oxygen atoms in total. The molecular formula is C37H36F2N4O5. The van der Waals surface area contributed by atoms with Gasteiger partial charge in [0.1, 0.15) is 17.4 Å². The van der Waals surface area contributed by atoms with E-state index in [0.29, 0.717) is 41.4 Å². The number of rotatable bonds is 4. The van der Waals surface area contributed by atoms with Crippen LogP contribution in [0.25, 0.3) is 22.3 Å². The Kier molecular flexibility index (Phi) is 9.12. The van der Waals surface area contributed by atoms with Gasteiger partial charge in [0.25, 0.3) is 0 Å². The molecule has 0 radical (unpaired) electrons. The second-order valence-corrected chi connectivity index (χ2v) is 12.6. The summed E-state index contributed by atoms with van der Waals surface area (Å²) < 4.78 is 37.0. The highest BCUT2D eigenvalue weighted by atomic mass is 19.1. The number of ether oxygens (including phenoxy) is 1. The van der Waals surface area contributed by atoms with Gasteiger partial charge in [-0.2, -0.15) is 0 Å². The Labute approximate surface area is 276 Å². The quantitative estimate of drug-likeness (QED) is 0.190. The number of halogens is 2. The summed E-state index contributed by atoms with van der Waals surface area (Å²) in [7, 11) is 1.58. The number of carboxylic acid groups (broad SMARTS) is 1. The lowest BCUT2D eigenvalue weighted by Crippen LogP contribution is -2.32. The minimum absolute atomic E-state index is 0.0166. The van der Waals surface area contributed by atoms with Crippen molar-refractivity contribution < 1.29 is 33.0 Å². The third kappa shape index (κ3) is 6.71. The molecular weight excluding hydrogens is 618 g/mol. The van der Waals surface area contributed by atoms with Crippen molar-refractivity contribution in [3.05, 3.63) is 101 Å². The molecule has 1 aliphatic heterocycles. The fourth-order valence-corrected chi connectivity index (χ4v) is 6.44. The molecule has 0 spiro atoms. The average molecular weight is 655 g/mol. The number of ketones is 1. The Hall–Kier alpha value is -5.32. The summed E-state index contributed by atoms with van der Waals surface area (Å²) in [6.07, 6.45) is 5.03. The first-order chi connectivity index (χ1) is 23.0. The Balaban J connectivity index is 1.44. The lowest BCUT2D eigenvalue weighted by Gasteiger charge is -2.30. The number of aromatic amines is 2. The summed E-state index contributed by atoms with van der Waals surface area (Å²) >= 11 is 0. The van der Waals surface area contributed by atoms with Crippen molar-refractivity contribution in [2.75, 3.05) is 13.6 Å². The number of hydrogen-bond acceptors (Lipinski definition) is 5. The number of carbonyl (C=O) groups excluding carboxylic acids is 2. The number of carboxylic acids is 1. The van der Waals surface area contributed by atoms with E-state index >= 15 is 8.78 Å². The van der Waals surface area contributed by atoms with E-state index < -0.39 is 23.0 Å². The van der Waals surface area contributed by atoms with Crippen molar-refractivity contribution in [1.82, 2.24) is 19.9 Å². The fraction of sp³-hybridized carbons (Fsp3) is 0.297. The lowest BCUT2D eigenvalue weighted by atomic mass is 9.75. The molecule has 48 heavy (non-hydrogen) atoms. The highest BCUT2D eigenvalue weighted by Crippen LogP contribution is 2.40. The van der Waals surface area contributed by atoms with Gasteiger partial charge in [0.05, 0.1) is 12.1 Å². The first kappa shape index (κ1) is 32.6. The molecule has 3 N–H and O–H groups in total. The molecule has 0 fully saturated rings. The molecule has 0 saturated heterocycles. The third-order valence-corrected chi connectivity index (χ3v) is 9.20. The highest BCUT2D eigenvalue weighted by molar-refractivity contribution is 5.88. The SMILES string of the molecule is CN1CC(=O)CCCC(C)(c2cccc(CCC(=O)O)c2)c2cnc([nH]2)-c2cc(ccc2F)Oc2c(F)cc3[nH]ccc3c2CCC1=O. The van der Waals surface area contributed by atoms with E-state index in [4.69, 9.17) is 4.74 Å². The minimum Gasteiger partial charge on any atom is -0.481 e. The van der Waals surface area contributed by atoms with Crippen LogP contribution >= 0.6 is 0 Å². The zero-order valence-electron chi connectivity index (χ0n) is 26.7. The van der Waals surface area contributed by atoms with Gasteiger partial charge in [-0.15, -0.1) is 0 Å². The lowest BCUT2D eigenvalue weighted by molar-refractivity contribution is -0.137. The molecule has 248 valence electrons. The number of H-pyrrole nitrogens is 2. The van der Waals surface area contributed by atoms with E-state index in [2.05, 4.69) is 15.0 Å². The smallest absolute Gasteiger partial charge is 0.303 e. The largest absolute Gasteiger partial charge is 0.481 e. The van der Waals surface area contributed by atoms with Gasteiger partial charge in [-0.05, 0) is 68.0 Å². The molecule has 4 bridgehead atoms. The summed E-state index contributed by atoms with van der Waals surface area (Å²) in [5, 5.41) is 9.91. The summed E-state index contributed by atoms with van der Waals surface area (Å²) in [6.45, 7) is 1.94. The van der Waals surface area contributed by atoms with Crippen LogP contribution in [0.15, 0.2) is 67.0 Å². The van der Waals surface area contributed by atoms with Gasteiger partial charge in [-0.1, -0.05) is 24.3 Å². The van der Waals surface area contributed by atoms with Crippen molar-refractivity contribution >= 4 is 28.6 Å². The number of nitrogens with zero attached hydrogens (tertiary/aromatic N) is 2. The van der Waals surface area contributed by atoms with Crippen molar-refractivity contribution in [2.24, 2.45) is 0 Å². The van der Waals surface area contributed by atoms with Crippen LogP contribution in [0.3, 0.4) is 0 Å². The zero-order valence-corrected chi connectivity index (χ0v) is 26.7. The predicted molar refractivity (Wildman–Crippen MR) is 176 cm³/mol. The standard InChI is InChI=1S/C37H36F2N4O5/c1-37(23-6-3-5-22(17-23)8-13-34(46)47)15-4-7-24(44)21-43(2)33(45)12-10-27-26-14-16-40-31(26)19-30(39)35(27)48-25-9-11-29(38)28(18-25)36-41-20-32(37)42-36/h3,5-6,9,11,14,16-20,40H,4,7-8,10,12-13,15,21H2,1-2H3,(H,41,42)(H,46,47). The van der Waals surface area contributed by atoms with Crippen molar-refractivity contribution in [3.8, 4) is 22.9 Å². The molecule has 1 amide bonds. The van der Waals surface area contributed by atoms with E-state index in [9.17, 15) is 19.5 Å². The number of fused-ring (bicyclic) bond motifs is 8. The number of hydrogen-bond donors (Lipinski definition) is 3. The minimum atomic E-state index is -0.893. The third-order valence-electron chi connectivity index (χ3n) is 9.20. The predicted octanol–water partition coefficient (Wildman–Crippen LogP) is 7.10.